The molecule has 21 heavy (non-hydrogen) atoms. The second-order valence-electron chi connectivity index (χ2n) is 5.55. The fourth-order valence-electron chi connectivity index (χ4n) is 2.99. The van der Waals surface area contributed by atoms with Gasteiger partial charge < -0.3 is 4.90 Å². The summed E-state index contributed by atoms with van der Waals surface area (Å²) < 4.78 is 0. The van der Waals surface area contributed by atoms with Crippen LogP contribution in [0.1, 0.15) is 35.7 Å². The lowest BCUT2D eigenvalue weighted by molar-refractivity contribution is -0.129. The molecule has 0 N–H and O–H groups in total. The number of rotatable bonds is 0. The Bertz CT molecular complexity index is 774. The molecule has 2 aromatic rings. The number of aromatic nitrogens is 1. The van der Waals surface area contributed by atoms with Crippen molar-refractivity contribution in [2.24, 2.45) is 0 Å². The molecule has 0 saturated heterocycles. The van der Waals surface area contributed by atoms with Crippen LogP contribution in [0.3, 0.4) is 0 Å². The van der Waals surface area contributed by atoms with Crippen LogP contribution in [0.2, 0.25) is 0 Å². The van der Waals surface area contributed by atoms with Crippen LogP contribution in [-0.2, 0) is 17.8 Å². The zero-order chi connectivity index (χ0) is 15.0. The number of aryl methyl sites for hydroxylation is 2. The molecule has 1 aliphatic heterocycles. The molecule has 0 fully saturated rings. The number of carbonyl (C=O) groups is 1. The average Bonchev–Trinajstić information content (AvgIpc) is 2.70. The van der Waals surface area contributed by atoms with E-state index in [1.165, 1.54) is 0 Å². The molecular formula is C17H17N3O. The third kappa shape index (κ3) is 2.36. The van der Waals surface area contributed by atoms with E-state index in [1.54, 1.807) is 13.0 Å². The van der Waals surface area contributed by atoms with Gasteiger partial charge in [0.2, 0.25) is 5.91 Å². The van der Waals surface area contributed by atoms with Gasteiger partial charge in [-0.1, -0.05) is 0 Å². The van der Waals surface area contributed by atoms with Crippen LogP contribution in [0.4, 0.5) is 0 Å². The summed E-state index contributed by atoms with van der Waals surface area (Å²) >= 11 is 0. The zero-order valence-corrected chi connectivity index (χ0v) is 12.3. The second-order valence-corrected chi connectivity index (χ2v) is 5.55. The summed E-state index contributed by atoms with van der Waals surface area (Å²) in [4.78, 5) is 18.3. The first-order chi connectivity index (χ1) is 10.1. The highest BCUT2D eigenvalue weighted by Crippen LogP contribution is 2.27. The molecule has 0 aliphatic carbocycles. The lowest BCUT2D eigenvalue weighted by atomic mass is 9.99. The summed E-state index contributed by atoms with van der Waals surface area (Å²) in [5.74, 6) is 0.105. The molecule has 0 radical (unpaired) electrons. The number of nitrogens with zero attached hydrogens (tertiary/aromatic N) is 3. The Labute approximate surface area is 124 Å². The van der Waals surface area contributed by atoms with Crippen molar-refractivity contribution >= 4 is 16.8 Å². The van der Waals surface area contributed by atoms with Crippen LogP contribution in [0.25, 0.3) is 10.9 Å². The van der Waals surface area contributed by atoms with Gasteiger partial charge in [-0.15, -0.1) is 0 Å². The largest absolute Gasteiger partial charge is 0.339 e. The van der Waals surface area contributed by atoms with Crippen LogP contribution < -0.4 is 0 Å². The molecule has 2 heterocycles. The predicted octanol–water partition coefficient (Wildman–Crippen LogP) is 2.71. The molecule has 1 amide bonds. The molecule has 1 aliphatic rings. The Morgan fingerprint density at radius 3 is 2.95 bits per heavy atom. The summed E-state index contributed by atoms with van der Waals surface area (Å²) in [6.45, 7) is 5.08. The highest BCUT2D eigenvalue weighted by molar-refractivity contribution is 5.85. The lowest BCUT2D eigenvalue weighted by Crippen LogP contribution is -2.28. The third-order valence-electron chi connectivity index (χ3n) is 4.22. The van der Waals surface area contributed by atoms with Gasteiger partial charge >= 0.3 is 0 Å². The molecule has 0 spiro atoms. The molecule has 0 unspecified atom stereocenters. The topological polar surface area (TPSA) is 57.0 Å². The first-order valence-corrected chi connectivity index (χ1v) is 7.18. The molecule has 0 saturated carbocycles. The van der Waals surface area contributed by atoms with E-state index in [2.05, 4.69) is 13.0 Å². The van der Waals surface area contributed by atoms with Gasteiger partial charge in [0.25, 0.3) is 0 Å². The van der Waals surface area contributed by atoms with Crippen LogP contribution >= 0.6 is 0 Å². The number of nitriles is 1. The van der Waals surface area contributed by atoms with Crippen LogP contribution in [0.15, 0.2) is 18.2 Å². The third-order valence-corrected chi connectivity index (χ3v) is 4.22. The Morgan fingerprint density at radius 2 is 2.24 bits per heavy atom. The minimum atomic E-state index is 0.105. The molecular weight excluding hydrogens is 262 g/mol. The van der Waals surface area contributed by atoms with Gasteiger partial charge in [0.05, 0.1) is 17.1 Å². The van der Waals surface area contributed by atoms with Crippen molar-refractivity contribution in [1.82, 2.24) is 9.88 Å². The summed E-state index contributed by atoms with van der Waals surface area (Å²) in [6.07, 6.45) is 1.84. The normalized spacial score (nSPS) is 14.4. The van der Waals surface area contributed by atoms with E-state index < -0.39 is 0 Å². The van der Waals surface area contributed by atoms with E-state index in [0.29, 0.717) is 12.1 Å². The van der Waals surface area contributed by atoms with Crippen LogP contribution in [0, 0.1) is 18.3 Å². The summed E-state index contributed by atoms with van der Waals surface area (Å²) in [5.41, 5.74) is 4.95. The smallest absolute Gasteiger partial charge is 0.219 e. The van der Waals surface area contributed by atoms with Crippen molar-refractivity contribution < 1.29 is 4.79 Å². The van der Waals surface area contributed by atoms with Crippen molar-refractivity contribution in [3.63, 3.8) is 0 Å². The highest BCUT2D eigenvalue weighted by Gasteiger charge is 2.20. The van der Waals surface area contributed by atoms with Gasteiger partial charge in [-0.2, -0.15) is 5.26 Å². The van der Waals surface area contributed by atoms with E-state index in [0.717, 1.165) is 47.1 Å². The lowest BCUT2D eigenvalue weighted by Gasteiger charge is -2.20. The first-order valence-electron chi connectivity index (χ1n) is 7.18. The Hall–Kier alpha value is -2.41. The number of hydrogen-bond donors (Lipinski definition) is 0. The van der Waals surface area contributed by atoms with E-state index in [-0.39, 0.29) is 5.91 Å². The van der Waals surface area contributed by atoms with E-state index in [4.69, 9.17) is 10.2 Å². The molecule has 0 atom stereocenters. The Morgan fingerprint density at radius 1 is 1.43 bits per heavy atom. The zero-order valence-electron chi connectivity index (χ0n) is 12.3. The van der Waals surface area contributed by atoms with E-state index >= 15 is 0 Å². The van der Waals surface area contributed by atoms with E-state index in [9.17, 15) is 4.79 Å². The molecule has 106 valence electrons. The van der Waals surface area contributed by atoms with Gasteiger partial charge in [0, 0.05) is 31.1 Å². The number of pyridine rings is 1. The molecule has 4 heteroatoms. The monoisotopic (exact) mass is 279 g/mol. The SMILES string of the molecule is CC(=O)N1CCCc2nc3ccc(C#N)cc3c(C)c2C1. The maximum Gasteiger partial charge on any atom is 0.219 e. The quantitative estimate of drug-likeness (QED) is 0.745. The van der Waals surface area contributed by atoms with Gasteiger partial charge in [0.15, 0.2) is 0 Å². The van der Waals surface area contributed by atoms with Crippen molar-refractivity contribution in [2.45, 2.75) is 33.2 Å². The van der Waals surface area contributed by atoms with Crippen LogP contribution in [-0.4, -0.2) is 22.3 Å². The fraction of sp³-hybridized carbons (Fsp3) is 0.353. The summed E-state index contributed by atoms with van der Waals surface area (Å²) in [7, 11) is 0. The predicted molar refractivity (Wildman–Crippen MR) is 80.6 cm³/mol. The Kier molecular flexibility index (Phi) is 3.34. The van der Waals surface area contributed by atoms with Gasteiger partial charge in [0.1, 0.15) is 0 Å². The number of hydrogen-bond acceptors (Lipinski definition) is 3. The maximum absolute atomic E-state index is 11.7. The molecule has 0 bridgehead atoms. The second kappa shape index (κ2) is 5.17. The number of fused-ring (bicyclic) bond motifs is 2. The fourth-order valence-corrected chi connectivity index (χ4v) is 2.99. The van der Waals surface area contributed by atoms with Gasteiger partial charge in [-0.3, -0.25) is 9.78 Å². The van der Waals surface area contributed by atoms with Gasteiger partial charge in [-0.25, -0.2) is 0 Å². The number of benzene rings is 1. The molecule has 1 aromatic heterocycles. The minimum Gasteiger partial charge on any atom is -0.339 e. The molecule has 1 aromatic carbocycles. The maximum atomic E-state index is 11.7. The van der Waals surface area contributed by atoms with Crippen molar-refractivity contribution in [3.05, 3.63) is 40.6 Å². The Balaban J connectivity index is 2.20. The average molecular weight is 279 g/mol. The van der Waals surface area contributed by atoms with Crippen molar-refractivity contribution in [2.75, 3.05) is 6.54 Å². The summed E-state index contributed by atoms with van der Waals surface area (Å²) in [6, 6.07) is 7.78. The molecule has 4 nitrogen and oxygen atoms in total. The van der Waals surface area contributed by atoms with Crippen molar-refractivity contribution in [1.29, 1.82) is 5.26 Å². The van der Waals surface area contributed by atoms with Crippen molar-refractivity contribution in [3.8, 4) is 6.07 Å². The minimum absolute atomic E-state index is 0.105. The summed E-state index contributed by atoms with van der Waals surface area (Å²) in [5, 5.41) is 10.1. The molecule has 3 rings (SSSR count). The number of amides is 1. The van der Waals surface area contributed by atoms with Crippen LogP contribution in [0.5, 0.6) is 0 Å². The first kappa shape index (κ1) is 13.6. The van der Waals surface area contributed by atoms with Gasteiger partial charge in [-0.05, 0) is 49.1 Å². The van der Waals surface area contributed by atoms with E-state index in [1.807, 2.05) is 17.0 Å². The standard InChI is InChI=1S/C17H17N3O/c1-11-14-8-13(9-18)5-6-17(14)19-16-4-3-7-20(12(2)21)10-15(11)16/h5-6,8H,3-4,7,10H2,1-2H3. The highest BCUT2D eigenvalue weighted by atomic mass is 16.2. The number of carbonyl (C=O) groups excluding carboxylic acids is 1.